The summed E-state index contributed by atoms with van der Waals surface area (Å²) in [6.07, 6.45) is 2.39. The van der Waals surface area contributed by atoms with Gasteiger partial charge in [0.2, 0.25) is 10.0 Å². The predicted molar refractivity (Wildman–Crippen MR) is 137 cm³/mol. The SMILES string of the molecule is COc1c(/C=C(\Cl)c2ccc(NS(C)(=O)=O)cc2)cc(N2CCC(O)NC2=O)cc1C(C)(C)C. The van der Waals surface area contributed by atoms with Crippen LogP contribution in [-0.4, -0.2) is 45.7 Å². The molecule has 2 amide bonds. The van der Waals surface area contributed by atoms with Crippen LogP contribution in [0.15, 0.2) is 36.4 Å². The molecule has 8 nitrogen and oxygen atoms in total. The van der Waals surface area contributed by atoms with Crippen molar-refractivity contribution in [1.29, 1.82) is 0 Å². The third-order valence-electron chi connectivity index (χ3n) is 5.33. The second-order valence-electron chi connectivity index (χ2n) is 9.22. The van der Waals surface area contributed by atoms with E-state index >= 15 is 0 Å². The molecule has 2 aromatic carbocycles. The lowest BCUT2D eigenvalue weighted by Gasteiger charge is -2.32. The lowest BCUT2D eigenvalue weighted by molar-refractivity contribution is 0.125. The Bertz CT molecular complexity index is 1200. The molecule has 0 aromatic heterocycles. The van der Waals surface area contributed by atoms with Gasteiger partial charge in [-0.1, -0.05) is 44.5 Å². The molecule has 1 aliphatic heterocycles. The number of carbonyl (C=O) groups is 1. The van der Waals surface area contributed by atoms with Gasteiger partial charge in [-0.2, -0.15) is 0 Å². The standard InChI is InChI=1S/C24H30ClN3O5S/c1-24(2,3)19-14-18(28-11-10-21(29)26-23(28)30)12-16(22(19)33-4)13-20(25)15-6-8-17(9-7-15)27-34(5,31)32/h6-9,12-14,21,27,29H,10-11H2,1-5H3,(H,26,30)/b20-13-. The summed E-state index contributed by atoms with van der Waals surface area (Å²) in [6.45, 7) is 6.53. The number of amides is 2. The van der Waals surface area contributed by atoms with Crippen LogP contribution in [-0.2, 0) is 15.4 Å². The zero-order valence-electron chi connectivity index (χ0n) is 19.8. The molecule has 1 atom stereocenters. The van der Waals surface area contributed by atoms with Crippen LogP contribution in [0.25, 0.3) is 11.1 Å². The monoisotopic (exact) mass is 507 g/mol. The van der Waals surface area contributed by atoms with E-state index in [9.17, 15) is 18.3 Å². The lowest BCUT2D eigenvalue weighted by atomic mass is 9.84. The molecule has 3 rings (SSSR count). The summed E-state index contributed by atoms with van der Waals surface area (Å²) in [5, 5.41) is 12.7. The van der Waals surface area contributed by atoms with Gasteiger partial charge in [-0.05, 0) is 41.3 Å². The minimum Gasteiger partial charge on any atom is -0.496 e. The van der Waals surface area contributed by atoms with Gasteiger partial charge in [0.05, 0.1) is 13.4 Å². The summed E-state index contributed by atoms with van der Waals surface area (Å²) < 4.78 is 31.1. The number of halogens is 1. The number of hydrogen-bond acceptors (Lipinski definition) is 5. The normalized spacial score (nSPS) is 17.4. The van der Waals surface area contributed by atoms with Crippen LogP contribution in [0, 0.1) is 0 Å². The third-order valence-corrected chi connectivity index (χ3v) is 6.27. The van der Waals surface area contributed by atoms with Crippen LogP contribution >= 0.6 is 11.6 Å². The number of methoxy groups -OCH3 is 1. The highest BCUT2D eigenvalue weighted by atomic mass is 35.5. The smallest absolute Gasteiger partial charge is 0.323 e. The van der Waals surface area contributed by atoms with Gasteiger partial charge in [0.15, 0.2) is 0 Å². The number of nitrogens with zero attached hydrogens (tertiary/aromatic N) is 1. The van der Waals surface area contributed by atoms with E-state index in [0.717, 1.165) is 11.8 Å². The Balaban J connectivity index is 2.06. The van der Waals surface area contributed by atoms with Gasteiger partial charge in [-0.3, -0.25) is 9.62 Å². The number of ether oxygens (including phenoxy) is 1. The fourth-order valence-electron chi connectivity index (χ4n) is 3.71. The maximum Gasteiger partial charge on any atom is 0.323 e. The summed E-state index contributed by atoms with van der Waals surface area (Å²) in [7, 11) is -1.79. The number of anilines is 2. The molecule has 3 N–H and O–H groups in total. The highest BCUT2D eigenvalue weighted by Gasteiger charge is 2.28. The topological polar surface area (TPSA) is 108 Å². The fraction of sp³-hybridized carbons (Fsp3) is 0.375. The van der Waals surface area contributed by atoms with Gasteiger partial charge in [-0.15, -0.1) is 0 Å². The number of rotatable bonds is 6. The molecule has 0 bridgehead atoms. The highest BCUT2D eigenvalue weighted by molar-refractivity contribution is 7.92. The second kappa shape index (κ2) is 9.85. The number of aliphatic hydroxyl groups excluding tert-OH is 1. The minimum absolute atomic E-state index is 0.291. The second-order valence-corrected chi connectivity index (χ2v) is 11.4. The van der Waals surface area contributed by atoms with Crippen molar-refractivity contribution >= 4 is 50.1 Å². The predicted octanol–water partition coefficient (Wildman–Crippen LogP) is 4.34. The first-order chi connectivity index (χ1) is 15.8. The number of aliphatic hydroxyl groups is 1. The average Bonchev–Trinajstić information content (AvgIpc) is 2.72. The zero-order valence-corrected chi connectivity index (χ0v) is 21.4. The number of hydrogen-bond donors (Lipinski definition) is 3. The van der Waals surface area contributed by atoms with Crippen LogP contribution in [0.1, 0.15) is 43.9 Å². The van der Waals surface area contributed by atoms with Gasteiger partial charge in [0.1, 0.15) is 12.0 Å². The molecule has 34 heavy (non-hydrogen) atoms. The molecule has 2 aromatic rings. The van der Waals surface area contributed by atoms with E-state index in [-0.39, 0.29) is 11.4 Å². The van der Waals surface area contributed by atoms with Crippen LogP contribution in [0.4, 0.5) is 16.2 Å². The summed E-state index contributed by atoms with van der Waals surface area (Å²) in [6, 6.07) is 10.1. The van der Waals surface area contributed by atoms with Crippen LogP contribution < -0.4 is 19.7 Å². The van der Waals surface area contributed by atoms with Crippen molar-refractivity contribution in [2.75, 3.05) is 29.5 Å². The first kappa shape index (κ1) is 25.9. The molecule has 0 saturated carbocycles. The molecular weight excluding hydrogens is 478 g/mol. The summed E-state index contributed by atoms with van der Waals surface area (Å²) in [5.41, 5.74) is 3.08. The van der Waals surface area contributed by atoms with Crippen molar-refractivity contribution in [3.8, 4) is 5.75 Å². The number of sulfonamides is 1. The molecule has 184 valence electrons. The molecule has 1 unspecified atom stereocenters. The quantitative estimate of drug-likeness (QED) is 0.504. The first-order valence-corrected chi connectivity index (χ1v) is 13.0. The van der Waals surface area contributed by atoms with Crippen LogP contribution in [0.2, 0.25) is 0 Å². The Morgan fingerprint density at radius 3 is 2.44 bits per heavy atom. The molecule has 10 heteroatoms. The molecule has 1 aliphatic rings. The number of benzene rings is 2. The zero-order chi connectivity index (χ0) is 25.3. The molecule has 0 spiro atoms. The van der Waals surface area contributed by atoms with Gasteiger partial charge >= 0.3 is 6.03 Å². The molecule has 1 heterocycles. The fourth-order valence-corrected chi connectivity index (χ4v) is 4.51. The van der Waals surface area contributed by atoms with Gasteiger partial charge in [-0.25, -0.2) is 13.2 Å². The summed E-state index contributed by atoms with van der Waals surface area (Å²) in [4.78, 5) is 14.1. The number of carbonyl (C=O) groups excluding carboxylic acids is 1. The molecule has 0 radical (unpaired) electrons. The average molecular weight is 508 g/mol. The number of urea groups is 1. The third kappa shape index (κ3) is 6.22. The van der Waals surface area contributed by atoms with Gasteiger partial charge in [0, 0.05) is 40.5 Å². The maximum absolute atomic E-state index is 12.5. The molecular formula is C24H30ClN3O5S. The van der Waals surface area contributed by atoms with Crippen molar-refractivity contribution in [2.24, 2.45) is 0 Å². The van der Waals surface area contributed by atoms with Crippen LogP contribution in [0.3, 0.4) is 0 Å². The first-order valence-electron chi connectivity index (χ1n) is 10.7. The van der Waals surface area contributed by atoms with E-state index in [4.69, 9.17) is 16.3 Å². The van der Waals surface area contributed by atoms with Crippen molar-refractivity contribution < 1.29 is 23.1 Å². The Kier molecular flexibility index (Phi) is 7.50. The highest BCUT2D eigenvalue weighted by Crippen LogP contribution is 2.40. The maximum atomic E-state index is 12.5. The van der Waals surface area contributed by atoms with Crippen LogP contribution in [0.5, 0.6) is 5.75 Å². The van der Waals surface area contributed by atoms with Crippen molar-refractivity contribution in [2.45, 2.75) is 38.8 Å². The molecule has 0 aliphatic carbocycles. The number of nitrogens with one attached hydrogen (secondary N) is 2. The summed E-state index contributed by atoms with van der Waals surface area (Å²) in [5.74, 6) is 0.641. The van der Waals surface area contributed by atoms with E-state index < -0.39 is 16.3 Å². The summed E-state index contributed by atoms with van der Waals surface area (Å²) >= 11 is 6.65. The largest absolute Gasteiger partial charge is 0.496 e. The van der Waals surface area contributed by atoms with E-state index in [2.05, 4.69) is 30.8 Å². The van der Waals surface area contributed by atoms with E-state index in [0.29, 0.717) is 46.2 Å². The van der Waals surface area contributed by atoms with Gasteiger partial charge < -0.3 is 15.2 Å². The lowest BCUT2D eigenvalue weighted by Crippen LogP contribution is -2.51. The van der Waals surface area contributed by atoms with Crippen molar-refractivity contribution in [3.05, 3.63) is 53.1 Å². The Morgan fingerprint density at radius 1 is 1.26 bits per heavy atom. The van der Waals surface area contributed by atoms with E-state index in [1.54, 1.807) is 42.4 Å². The Morgan fingerprint density at radius 2 is 1.91 bits per heavy atom. The Labute approximate surface area is 205 Å². The van der Waals surface area contributed by atoms with Crippen molar-refractivity contribution in [3.63, 3.8) is 0 Å². The van der Waals surface area contributed by atoms with Crippen molar-refractivity contribution in [1.82, 2.24) is 5.32 Å². The van der Waals surface area contributed by atoms with Gasteiger partial charge in [0.25, 0.3) is 0 Å². The Hall–Kier alpha value is -2.75. The molecule has 1 saturated heterocycles. The van der Waals surface area contributed by atoms with E-state index in [1.807, 2.05) is 12.1 Å². The van der Waals surface area contributed by atoms with E-state index in [1.165, 1.54) is 0 Å². The molecule has 1 fully saturated rings. The minimum atomic E-state index is -3.38.